The highest BCUT2D eigenvalue weighted by atomic mass is 32.2. The Morgan fingerprint density at radius 3 is 1.66 bits per heavy atom. The first kappa shape index (κ1) is 36.1. The summed E-state index contributed by atoms with van der Waals surface area (Å²) in [6, 6.07) is 41.4. The Kier molecular flexibility index (Phi) is 7.19. The van der Waals surface area contributed by atoms with Crippen LogP contribution >= 0.6 is 11.8 Å². The highest BCUT2D eigenvalue weighted by molar-refractivity contribution is 7.99. The van der Waals surface area contributed by atoms with E-state index < -0.39 is 0 Å². The van der Waals surface area contributed by atoms with E-state index in [1.807, 2.05) is 0 Å². The Bertz CT molecular complexity index is 2480. The molecule has 0 amide bonds. The second kappa shape index (κ2) is 11.5. The summed E-state index contributed by atoms with van der Waals surface area (Å²) < 4.78 is 0. The molecule has 1 nitrogen and oxygen atoms in total. The Labute approximate surface area is 352 Å². The van der Waals surface area contributed by atoms with Gasteiger partial charge in [-0.05, 0) is 189 Å². The molecule has 5 aromatic carbocycles. The lowest BCUT2D eigenvalue weighted by Gasteiger charge is -2.78. The minimum atomic E-state index is 0.0811. The van der Waals surface area contributed by atoms with Crippen LogP contribution in [-0.2, 0) is 27.1 Å². The molecule has 2 heteroatoms. The fraction of sp³-hybridized carbons (Fsp3) is 0.464. The van der Waals surface area contributed by atoms with Gasteiger partial charge in [-0.2, -0.15) is 0 Å². The highest BCUT2D eigenvalue weighted by Gasteiger charge is 2.84. The maximum Gasteiger partial charge on any atom is 0.0465 e. The van der Waals surface area contributed by atoms with Crippen molar-refractivity contribution in [1.82, 2.24) is 0 Å². The van der Waals surface area contributed by atoms with Gasteiger partial charge in [-0.1, -0.05) is 128 Å². The van der Waals surface area contributed by atoms with E-state index >= 15 is 0 Å². The normalized spacial score (nSPS) is 31.5. The van der Waals surface area contributed by atoms with E-state index in [-0.39, 0.29) is 27.1 Å². The van der Waals surface area contributed by atoms with Crippen LogP contribution in [0, 0.1) is 29.1 Å². The lowest BCUT2D eigenvalue weighted by molar-refractivity contribution is -0.235. The fourth-order valence-corrected chi connectivity index (χ4v) is 16.3. The molecule has 0 N–H and O–H groups in total. The number of hydrogen-bond acceptors (Lipinski definition) is 2. The second-order valence-electron chi connectivity index (χ2n) is 22.7. The molecule has 6 atom stereocenters. The van der Waals surface area contributed by atoms with Crippen molar-refractivity contribution in [1.29, 1.82) is 0 Å². The quantitative estimate of drug-likeness (QED) is 0.179. The average Bonchev–Trinajstić information content (AvgIpc) is 3.74. The van der Waals surface area contributed by atoms with E-state index in [1.54, 1.807) is 11.1 Å². The molecule has 12 rings (SSSR count). The van der Waals surface area contributed by atoms with E-state index in [0.29, 0.717) is 5.41 Å². The zero-order valence-corrected chi connectivity index (χ0v) is 37.0. The lowest BCUT2D eigenvalue weighted by Crippen LogP contribution is -2.74. The molecule has 0 aromatic heterocycles. The van der Waals surface area contributed by atoms with Crippen molar-refractivity contribution >= 4 is 28.8 Å². The maximum atomic E-state index is 2.72. The number of rotatable bonds is 4. The molecule has 5 aromatic rings. The van der Waals surface area contributed by atoms with E-state index in [9.17, 15) is 0 Å². The van der Waals surface area contributed by atoms with Crippen LogP contribution in [0.2, 0.25) is 0 Å². The van der Waals surface area contributed by atoms with Crippen molar-refractivity contribution in [2.45, 2.75) is 144 Å². The molecule has 2 bridgehead atoms. The number of benzene rings is 5. The van der Waals surface area contributed by atoms with Gasteiger partial charge < -0.3 is 4.90 Å². The molecule has 0 radical (unpaired) electrons. The number of nitrogens with zero attached hydrogens (tertiary/aromatic N) is 1. The molecular weight excluding hydrogens is 719 g/mol. The minimum absolute atomic E-state index is 0.0811. The minimum Gasteiger partial charge on any atom is -0.310 e. The summed E-state index contributed by atoms with van der Waals surface area (Å²) in [7, 11) is 0. The third kappa shape index (κ3) is 4.52. The van der Waals surface area contributed by atoms with Crippen LogP contribution in [0.15, 0.2) is 113 Å². The third-order valence-corrected chi connectivity index (χ3v) is 19.3. The maximum absolute atomic E-state index is 2.72. The summed E-state index contributed by atoms with van der Waals surface area (Å²) in [5.74, 6) is 3.36. The molecule has 4 fully saturated rings. The van der Waals surface area contributed by atoms with Gasteiger partial charge in [-0.15, -0.1) is 0 Å². The molecule has 296 valence electrons. The van der Waals surface area contributed by atoms with Gasteiger partial charge in [0.05, 0.1) is 0 Å². The summed E-state index contributed by atoms with van der Waals surface area (Å²) in [4.78, 5) is 5.68. The Morgan fingerprint density at radius 2 is 1.05 bits per heavy atom. The monoisotopic (exact) mass is 779 g/mol. The SMILES string of the molecule is CC1(C)CCC(C)(C)c2cc(N(c3ccc4c(c3)C(C)(C)CCC4(C)C)c3ccc4c(c3)C3(c5cccc(-c6ccccc6)c5S4)C4CC5CC6CC3C64C5)ccc21. The van der Waals surface area contributed by atoms with Crippen LogP contribution in [0.5, 0.6) is 0 Å². The van der Waals surface area contributed by atoms with Gasteiger partial charge in [0, 0.05) is 32.3 Å². The number of fused-ring (bicyclic) bond motifs is 9. The van der Waals surface area contributed by atoms with Crippen molar-refractivity contribution in [3.63, 3.8) is 0 Å². The Balaban J connectivity index is 1.08. The van der Waals surface area contributed by atoms with E-state index in [1.165, 1.54) is 112 Å². The molecule has 4 saturated carbocycles. The molecule has 2 spiro atoms. The van der Waals surface area contributed by atoms with Crippen molar-refractivity contribution in [3.8, 4) is 11.1 Å². The summed E-state index contributed by atoms with van der Waals surface area (Å²) in [6.07, 6.45) is 10.7. The van der Waals surface area contributed by atoms with Crippen LogP contribution < -0.4 is 4.90 Å². The van der Waals surface area contributed by atoms with E-state index in [0.717, 1.165) is 23.7 Å². The summed E-state index contributed by atoms with van der Waals surface area (Å²) in [5, 5.41) is 0. The van der Waals surface area contributed by atoms with Crippen LogP contribution in [0.4, 0.5) is 17.1 Å². The van der Waals surface area contributed by atoms with Crippen molar-refractivity contribution in [2.24, 2.45) is 29.1 Å². The van der Waals surface area contributed by atoms with Crippen molar-refractivity contribution in [2.75, 3.05) is 4.90 Å². The topological polar surface area (TPSA) is 3.24 Å². The Hall–Kier alpha value is -3.75. The first-order chi connectivity index (χ1) is 27.6. The molecule has 58 heavy (non-hydrogen) atoms. The van der Waals surface area contributed by atoms with Crippen LogP contribution in [-0.4, -0.2) is 0 Å². The average molecular weight is 780 g/mol. The highest BCUT2D eigenvalue weighted by Crippen LogP contribution is 2.89. The summed E-state index contributed by atoms with van der Waals surface area (Å²) in [6.45, 7) is 19.7. The molecule has 6 unspecified atom stereocenters. The standard InChI is InChI=1S/C56H61NS/c1-51(2)23-25-53(5,6)44-30-37(17-20-41(44)51)57(38-18-21-42-45(31-38)54(7,8)26-24-52(42,3)4)39-19-22-47-46(32-39)56(48-28-34-27-36-29-49(56)55(36,48)33-34)43-16-12-15-40(50(43)58-47)35-13-10-9-11-14-35/h9-22,30-32,34,36,48-49H,23-29,33H2,1-8H3. The molecular formula is C56H61NS. The first-order valence-electron chi connectivity index (χ1n) is 22.8. The second-order valence-corrected chi connectivity index (χ2v) is 23.8. The fourth-order valence-electron chi connectivity index (χ4n) is 15.0. The van der Waals surface area contributed by atoms with Gasteiger partial charge in [-0.25, -0.2) is 0 Å². The predicted octanol–water partition coefficient (Wildman–Crippen LogP) is 15.3. The van der Waals surface area contributed by atoms with Crippen molar-refractivity contribution < 1.29 is 0 Å². The molecule has 6 aliphatic carbocycles. The molecule has 1 aliphatic heterocycles. The van der Waals surface area contributed by atoms with Crippen LogP contribution in [0.1, 0.15) is 140 Å². The van der Waals surface area contributed by atoms with Crippen LogP contribution in [0.25, 0.3) is 11.1 Å². The molecule has 0 saturated heterocycles. The van der Waals surface area contributed by atoms with Gasteiger partial charge in [0.15, 0.2) is 0 Å². The van der Waals surface area contributed by atoms with Gasteiger partial charge in [-0.3, -0.25) is 0 Å². The third-order valence-electron chi connectivity index (χ3n) is 18.1. The van der Waals surface area contributed by atoms with Crippen molar-refractivity contribution in [3.05, 3.63) is 137 Å². The largest absolute Gasteiger partial charge is 0.310 e. The van der Waals surface area contributed by atoms with Gasteiger partial charge in [0.2, 0.25) is 0 Å². The van der Waals surface area contributed by atoms with Gasteiger partial charge >= 0.3 is 0 Å². The summed E-state index contributed by atoms with van der Waals surface area (Å²) >= 11 is 2.06. The van der Waals surface area contributed by atoms with Gasteiger partial charge in [0.25, 0.3) is 0 Å². The number of anilines is 3. The zero-order chi connectivity index (χ0) is 39.8. The lowest BCUT2D eigenvalue weighted by atomic mass is 9.26. The Morgan fingerprint density at radius 1 is 0.500 bits per heavy atom. The van der Waals surface area contributed by atoms with Crippen LogP contribution in [0.3, 0.4) is 0 Å². The van der Waals surface area contributed by atoms with E-state index in [4.69, 9.17) is 0 Å². The predicted molar refractivity (Wildman–Crippen MR) is 243 cm³/mol. The van der Waals surface area contributed by atoms with Gasteiger partial charge in [0.1, 0.15) is 0 Å². The summed E-state index contributed by atoms with van der Waals surface area (Å²) in [5.41, 5.74) is 17.4. The number of hydrogen-bond donors (Lipinski definition) is 0. The smallest absolute Gasteiger partial charge is 0.0465 e. The van der Waals surface area contributed by atoms with E-state index in [2.05, 4.69) is 175 Å². The first-order valence-corrected chi connectivity index (χ1v) is 23.6. The molecule has 1 heterocycles. The zero-order valence-electron chi connectivity index (χ0n) is 36.1. The molecule has 7 aliphatic rings.